The summed E-state index contributed by atoms with van der Waals surface area (Å²) >= 11 is 12.2. The van der Waals surface area contributed by atoms with Crippen molar-refractivity contribution in [3.8, 4) is 11.5 Å². The van der Waals surface area contributed by atoms with Crippen LogP contribution in [0.4, 0.5) is 18.9 Å². The van der Waals surface area contributed by atoms with Gasteiger partial charge in [0.05, 0.1) is 24.6 Å². The summed E-state index contributed by atoms with van der Waals surface area (Å²) in [5.74, 6) is 1.03. The van der Waals surface area contributed by atoms with Crippen LogP contribution in [0, 0.1) is 0 Å². The number of allylic oxidation sites excluding steroid dienone is 1. The quantitative estimate of drug-likeness (QED) is 0.182. The molecule has 0 spiro atoms. The van der Waals surface area contributed by atoms with Gasteiger partial charge >= 0.3 is 6.18 Å². The number of hydrazone groups is 1. The van der Waals surface area contributed by atoms with Crippen molar-refractivity contribution in [2.24, 2.45) is 5.10 Å². The first-order valence-electron chi connectivity index (χ1n) is 10.1. The molecular formula is C25H21Cl2F3N2O2. The Hall–Kier alpha value is -3.16. The highest BCUT2D eigenvalue weighted by Crippen LogP contribution is 2.35. The third kappa shape index (κ3) is 6.68. The van der Waals surface area contributed by atoms with Crippen LogP contribution in [-0.2, 0) is 19.2 Å². The Bertz CT molecular complexity index is 1180. The molecule has 0 bridgehead atoms. The molecule has 9 heteroatoms. The minimum absolute atomic E-state index is 0.208. The highest BCUT2D eigenvalue weighted by molar-refractivity contribution is 6.35. The summed E-state index contributed by atoms with van der Waals surface area (Å²) in [5.41, 5.74) is 4.69. The van der Waals surface area contributed by atoms with E-state index in [-0.39, 0.29) is 6.61 Å². The summed E-state index contributed by atoms with van der Waals surface area (Å²) < 4.78 is 49.6. The van der Waals surface area contributed by atoms with Gasteiger partial charge in [0.25, 0.3) is 0 Å². The average molecular weight is 509 g/mol. The fourth-order valence-electron chi connectivity index (χ4n) is 3.08. The number of hydrogen-bond donors (Lipinski definition) is 1. The van der Waals surface area contributed by atoms with Crippen LogP contribution in [0.3, 0.4) is 0 Å². The number of hydrogen-bond acceptors (Lipinski definition) is 4. The number of nitrogens with zero attached hydrogens (tertiary/aromatic N) is 1. The lowest BCUT2D eigenvalue weighted by Gasteiger charge is -2.16. The zero-order chi connectivity index (χ0) is 24.7. The molecule has 0 aliphatic carbocycles. The van der Waals surface area contributed by atoms with Crippen LogP contribution in [0.5, 0.6) is 11.5 Å². The van der Waals surface area contributed by atoms with Gasteiger partial charge in [-0.25, -0.2) is 0 Å². The SMILES string of the molecule is C=CCc1cc(/C=N/Nc2ccc(C(F)(F)F)cc2)cc(OC)c1OCc1ccc(Cl)cc1Cl. The molecule has 0 radical (unpaired) electrons. The predicted molar refractivity (Wildman–Crippen MR) is 130 cm³/mol. The van der Waals surface area contributed by atoms with E-state index in [1.165, 1.54) is 25.5 Å². The van der Waals surface area contributed by atoms with Gasteiger partial charge in [-0.2, -0.15) is 18.3 Å². The Morgan fingerprint density at radius 1 is 1.03 bits per heavy atom. The number of ether oxygens (including phenoxy) is 2. The first-order chi connectivity index (χ1) is 16.2. The smallest absolute Gasteiger partial charge is 0.416 e. The molecule has 0 heterocycles. The van der Waals surface area contributed by atoms with Gasteiger partial charge in [0.1, 0.15) is 6.61 Å². The van der Waals surface area contributed by atoms with Crippen molar-refractivity contribution in [1.82, 2.24) is 0 Å². The second kappa shape index (κ2) is 11.3. The minimum Gasteiger partial charge on any atom is -0.493 e. The van der Waals surface area contributed by atoms with E-state index >= 15 is 0 Å². The summed E-state index contributed by atoms with van der Waals surface area (Å²) in [6, 6.07) is 13.4. The molecule has 3 rings (SSSR count). The molecule has 1 N–H and O–H groups in total. The lowest BCUT2D eigenvalue weighted by atomic mass is 10.1. The second-order valence-electron chi connectivity index (χ2n) is 7.17. The second-order valence-corrected chi connectivity index (χ2v) is 8.02. The van der Waals surface area contributed by atoms with E-state index in [4.69, 9.17) is 32.7 Å². The Balaban J connectivity index is 1.78. The molecule has 34 heavy (non-hydrogen) atoms. The van der Waals surface area contributed by atoms with Gasteiger partial charge in [-0.3, -0.25) is 5.43 Å². The van der Waals surface area contributed by atoms with Crippen LogP contribution in [0.15, 0.2) is 72.4 Å². The molecule has 0 aliphatic heterocycles. The number of halogens is 5. The zero-order valence-corrected chi connectivity index (χ0v) is 19.6. The molecule has 0 amide bonds. The Morgan fingerprint density at radius 2 is 1.76 bits per heavy atom. The summed E-state index contributed by atoms with van der Waals surface area (Å²) in [5, 5.41) is 5.14. The monoisotopic (exact) mass is 508 g/mol. The van der Waals surface area contributed by atoms with Crippen LogP contribution in [0.25, 0.3) is 0 Å². The number of methoxy groups -OCH3 is 1. The average Bonchev–Trinajstić information content (AvgIpc) is 2.79. The van der Waals surface area contributed by atoms with E-state index in [1.807, 2.05) is 6.07 Å². The number of rotatable bonds is 9. The van der Waals surface area contributed by atoms with Crippen molar-refractivity contribution < 1.29 is 22.6 Å². The summed E-state index contributed by atoms with van der Waals surface area (Å²) in [7, 11) is 1.52. The van der Waals surface area contributed by atoms with Crippen molar-refractivity contribution in [3.63, 3.8) is 0 Å². The molecule has 0 atom stereocenters. The zero-order valence-electron chi connectivity index (χ0n) is 18.1. The summed E-state index contributed by atoms with van der Waals surface area (Å²) in [4.78, 5) is 0. The van der Waals surface area contributed by atoms with Crippen molar-refractivity contribution in [1.29, 1.82) is 0 Å². The van der Waals surface area contributed by atoms with Crippen LogP contribution >= 0.6 is 23.2 Å². The van der Waals surface area contributed by atoms with E-state index in [0.29, 0.717) is 39.2 Å². The lowest BCUT2D eigenvalue weighted by Crippen LogP contribution is -2.04. The van der Waals surface area contributed by atoms with Gasteiger partial charge in [-0.05, 0) is 60.5 Å². The molecule has 0 aliphatic rings. The first kappa shape index (κ1) is 25.5. The lowest BCUT2D eigenvalue weighted by molar-refractivity contribution is -0.137. The predicted octanol–water partition coefficient (Wildman–Crippen LogP) is 7.77. The third-order valence-corrected chi connectivity index (χ3v) is 5.33. The molecule has 0 saturated heterocycles. The van der Waals surface area contributed by atoms with Crippen molar-refractivity contribution in [2.45, 2.75) is 19.2 Å². The molecule has 3 aromatic carbocycles. The third-order valence-electron chi connectivity index (χ3n) is 4.74. The molecule has 0 fully saturated rings. The van der Waals surface area contributed by atoms with Gasteiger partial charge in [0.15, 0.2) is 11.5 Å². The van der Waals surface area contributed by atoms with Crippen LogP contribution < -0.4 is 14.9 Å². The highest BCUT2D eigenvalue weighted by Gasteiger charge is 2.29. The fourth-order valence-corrected chi connectivity index (χ4v) is 3.55. The maximum atomic E-state index is 12.7. The van der Waals surface area contributed by atoms with E-state index in [0.717, 1.165) is 23.3 Å². The molecule has 178 valence electrons. The van der Waals surface area contributed by atoms with Crippen LogP contribution in [-0.4, -0.2) is 13.3 Å². The van der Waals surface area contributed by atoms with Crippen LogP contribution in [0.1, 0.15) is 22.3 Å². The maximum Gasteiger partial charge on any atom is 0.416 e. The number of alkyl halides is 3. The number of benzene rings is 3. The van der Waals surface area contributed by atoms with Crippen LogP contribution in [0.2, 0.25) is 10.0 Å². The van der Waals surface area contributed by atoms with E-state index in [1.54, 1.807) is 30.3 Å². The van der Waals surface area contributed by atoms with E-state index in [9.17, 15) is 13.2 Å². The van der Waals surface area contributed by atoms with Gasteiger partial charge in [0.2, 0.25) is 0 Å². The van der Waals surface area contributed by atoms with Gasteiger partial charge in [-0.15, -0.1) is 6.58 Å². The topological polar surface area (TPSA) is 42.9 Å². The highest BCUT2D eigenvalue weighted by atomic mass is 35.5. The Morgan fingerprint density at radius 3 is 2.38 bits per heavy atom. The molecule has 0 aromatic heterocycles. The Labute approximate surface area is 205 Å². The number of nitrogens with one attached hydrogen (secondary N) is 1. The fraction of sp³-hybridized carbons (Fsp3) is 0.160. The van der Waals surface area contributed by atoms with Gasteiger partial charge in [-0.1, -0.05) is 35.3 Å². The molecule has 3 aromatic rings. The van der Waals surface area contributed by atoms with E-state index in [2.05, 4.69) is 17.1 Å². The van der Waals surface area contributed by atoms with Gasteiger partial charge < -0.3 is 9.47 Å². The largest absolute Gasteiger partial charge is 0.493 e. The number of anilines is 1. The normalized spacial score (nSPS) is 11.5. The molecule has 0 saturated carbocycles. The molecule has 4 nitrogen and oxygen atoms in total. The summed E-state index contributed by atoms with van der Waals surface area (Å²) in [6.45, 7) is 4.00. The molecule has 0 unspecified atom stereocenters. The Kier molecular flexibility index (Phi) is 8.47. The molecular weight excluding hydrogens is 488 g/mol. The van der Waals surface area contributed by atoms with Crippen molar-refractivity contribution in [2.75, 3.05) is 12.5 Å². The maximum absolute atomic E-state index is 12.7. The van der Waals surface area contributed by atoms with Crippen molar-refractivity contribution in [3.05, 3.63) is 99.6 Å². The summed E-state index contributed by atoms with van der Waals surface area (Å²) in [6.07, 6.45) is -0.610. The van der Waals surface area contributed by atoms with Gasteiger partial charge in [0, 0.05) is 21.2 Å². The minimum atomic E-state index is -4.39. The van der Waals surface area contributed by atoms with E-state index < -0.39 is 11.7 Å². The standard InChI is InChI=1S/C25H21Cl2F3N2O2/c1-3-4-17-11-16(14-31-32-21-9-6-19(7-10-21)25(28,29)30)12-23(33-2)24(17)34-15-18-5-8-20(26)13-22(18)27/h3,5-14,32H,1,4,15H2,2H3/b31-14+. The van der Waals surface area contributed by atoms with Crippen molar-refractivity contribution >= 4 is 35.1 Å². The first-order valence-corrected chi connectivity index (χ1v) is 10.8.